The van der Waals surface area contributed by atoms with Crippen LogP contribution in [0.2, 0.25) is 0 Å². The number of urea groups is 1. The van der Waals surface area contributed by atoms with Crippen molar-refractivity contribution in [1.82, 2.24) is 15.5 Å². The molecule has 0 bridgehead atoms. The van der Waals surface area contributed by atoms with Crippen LogP contribution in [0.25, 0.3) is 0 Å². The van der Waals surface area contributed by atoms with Crippen LogP contribution < -0.4 is 10.6 Å². The van der Waals surface area contributed by atoms with Crippen molar-refractivity contribution in [3.8, 4) is 0 Å². The topological polar surface area (TPSA) is 61.4 Å². The molecule has 2 N–H and O–H groups in total. The van der Waals surface area contributed by atoms with Crippen molar-refractivity contribution in [2.24, 2.45) is 5.92 Å². The first kappa shape index (κ1) is 16.6. The van der Waals surface area contributed by atoms with Gasteiger partial charge in [0.15, 0.2) is 0 Å². The van der Waals surface area contributed by atoms with E-state index >= 15 is 0 Å². The minimum Gasteiger partial charge on any atom is -0.348 e. The second-order valence-electron chi connectivity index (χ2n) is 6.30. The Bertz CT molecular complexity index is 463. The summed E-state index contributed by atoms with van der Waals surface area (Å²) in [5.41, 5.74) is 1.01. The maximum absolute atomic E-state index is 12.4. The summed E-state index contributed by atoms with van der Waals surface area (Å²) in [6.07, 6.45) is 12.6. The summed E-state index contributed by atoms with van der Waals surface area (Å²) in [5.74, 6) is -0.278. The van der Waals surface area contributed by atoms with E-state index in [0.717, 1.165) is 31.3 Å². The average molecular weight is 305 g/mol. The molecule has 0 aliphatic heterocycles. The smallest absolute Gasteiger partial charge is 0.315 e. The van der Waals surface area contributed by atoms with E-state index in [1.165, 1.54) is 12.8 Å². The molecule has 1 saturated carbocycles. The molecule has 0 radical (unpaired) electrons. The van der Waals surface area contributed by atoms with E-state index in [0.29, 0.717) is 6.54 Å². The number of rotatable bonds is 5. The highest BCUT2D eigenvalue weighted by molar-refractivity contribution is 5.83. The number of nitrogens with one attached hydrogen (secondary N) is 2. The zero-order valence-corrected chi connectivity index (χ0v) is 13.6. The van der Waals surface area contributed by atoms with Crippen LogP contribution in [0.15, 0.2) is 23.8 Å². The van der Waals surface area contributed by atoms with E-state index < -0.39 is 0 Å². The number of carbonyl (C=O) groups excluding carboxylic acids is 2. The Hall–Kier alpha value is -1.78. The summed E-state index contributed by atoms with van der Waals surface area (Å²) in [6, 6.07) is 0.126. The first-order chi connectivity index (χ1) is 10.6. The van der Waals surface area contributed by atoms with Crippen molar-refractivity contribution in [1.29, 1.82) is 0 Å². The zero-order valence-electron chi connectivity index (χ0n) is 13.6. The minimum atomic E-state index is -0.305. The van der Waals surface area contributed by atoms with Gasteiger partial charge in [-0.1, -0.05) is 31.1 Å². The molecule has 0 heterocycles. The summed E-state index contributed by atoms with van der Waals surface area (Å²) >= 11 is 0. The number of carbonyl (C=O) groups is 2. The lowest BCUT2D eigenvalue weighted by molar-refractivity contribution is -0.131. The van der Waals surface area contributed by atoms with Gasteiger partial charge in [0.05, 0.1) is 5.92 Å². The van der Waals surface area contributed by atoms with Crippen molar-refractivity contribution >= 4 is 11.9 Å². The van der Waals surface area contributed by atoms with E-state index in [4.69, 9.17) is 0 Å². The molecule has 5 heteroatoms. The summed E-state index contributed by atoms with van der Waals surface area (Å²) < 4.78 is 0. The van der Waals surface area contributed by atoms with Crippen LogP contribution in [-0.4, -0.2) is 43.5 Å². The Labute approximate surface area is 132 Å². The van der Waals surface area contributed by atoms with Crippen LogP contribution in [0.1, 0.15) is 38.5 Å². The fourth-order valence-electron chi connectivity index (χ4n) is 3.05. The predicted molar refractivity (Wildman–Crippen MR) is 87.4 cm³/mol. The molecule has 22 heavy (non-hydrogen) atoms. The number of allylic oxidation sites excluding steroid dienone is 3. The normalized spacial score (nSPS) is 19.5. The Morgan fingerprint density at radius 3 is 2.59 bits per heavy atom. The van der Waals surface area contributed by atoms with E-state index in [1.807, 2.05) is 6.08 Å². The van der Waals surface area contributed by atoms with Gasteiger partial charge in [0.2, 0.25) is 5.91 Å². The molecule has 0 spiro atoms. The SMILES string of the molecule is CN(C)C(=O)C(CNC(=O)NC1CCCC1)C1=CCCC=C1. The van der Waals surface area contributed by atoms with Crippen molar-refractivity contribution in [3.05, 3.63) is 23.8 Å². The van der Waals surface area contributed by atoms with E-state index in [9.17, 15) is 9.59 Å². The lowest BCUT2D eigenvalue weighted by Gasteiger charge is -2.24. The molecule has 3 amide bonds. The van der Waals surface area contributed by atoms with Crippen molar-refractivity contribution in [2.75, 3.05) is 20.6 Å². The number of amides is 3. The predicted octanol–water partition coefficient (Wildman–Crippen LogP) is 2.21. The first-order valence-corrected chi connectivity index (χ1v) is 8.20. The molecule has 122 valence electrons. The van der Waals surface area contributed by atoms with Crippen LogP contribution in [0.3, 0.4) is 0 Å². The second kappa shape index (κ2) is 8.01. The molecular formula is C17H27N3O2. The molecule has 1 fully saturated rings. The van der Waals surface area contributed by atoms with E-state index in [1.54, 1.807) is 19.0 Å². The van der Waals surface area contributed by atoms with Gasteiger partial charge in [0.1, 0.15) is 0 Å². The van der Waals surface area contributed by atoms with Crippen LogP contribution >= 0.6 is 0 Å². The van der Waals surface area contributed by atoms with Crippen molar-refractivity contribution in [3.63, 3.8) is 0 Å². The van der Waals surface area contributed by atoms with Gasteiger partial charge in [-0.05, 0) is 31.3 Å². The quantitative estimate of drug-likeness (QED) is 0.818. The summed E-state index contributed by atoms with van der Waals surface area (Å²) in [5, 5.41) is 5.86. The van der Waals surface area contributed by atoms with Crippen LogP contribution in [0.4, 0.5) is 4.79 Å². The number of hydrogen-bond acceptors (Lipinski definition) is 2. The van der Waals surface area contributed by atoms with Gasteiger partial charge in [0.25, 0.3) is 0 Å². The van der Waals surface area contributed by atoms with Crippen LogP contribution in [-0.2, 0) is 4.79 Å². The molecule has 2 rings (SSSR count). The van der Waals surface area contributed by atoms with Gasteiger partial charge in [-0.2, -0.15) is 0 Å². The number of hydrogen-bond donors (Lipinski definition) is 2. The summed E-state index contributed by atoms with van der Waals surface area (Å²) in [7, 11) is 3.50. The van der Waals surface area contributed by atoms with Gasteiger partial charge in [-0.3, -0.25) is 4.79 Å². The lowest BCUT2D eigenvalue weighted by atomic mass is 9.93. The van der Waals surface area contributed by atoms with Gasteiger partial charge >= 0.3 is 6.03 Å². The molecule has 2 aliphatic carbocycles. The fourth-order valence-corrected chi connectivity index (χ4v) is 3.05. The number of nitrogens with zero attached hydrogens (tertiary/aromatic N) is 1. The Balaban J connectivity index is 1.91. The highest BCUT2D eigenvalue weighted by Crippen LogP contribution is 2.20. The van der Waals surface area contributed by atoms with Gasteiger partial charge < -0.3 is 15.5 Å². The maximum atomic E-state index is 12.4. The Kier molecular flexibility index (Phi) is 6.04. The van der Waals surface area contributed by atoms with Crippen molar-refractivity contribution in [2.45, 2.75) is 44.6 Å². The van der Waals surface area contributed by atoms with Gasteiger partial charge in [0, 0.05) is 26.7 Å². The molecular weight excluding hydrogens is 278 g/mol. The highest BCUT2D eigenvalue weighted by Gasteiger charge is 2.25. The molecule has 0 aromatic heterocycles. The first-order valence-electron chi connectivity index (χ1n) is 8.20. The molecule has 0 saturated heterocycles. The fraction of sp³-hybridized carbons (Fsp3) is 0.647. The second-order valence-corrected chi connectivity index (χ2v) is 6.30. The standard InChI is InChI=1S/C17H27N3O2/c1-20(2)16(21)15(13-8-4-3-5-9-13)12-18-17(22)19-14-10-6-7-11-14/h4,8-9,14-15H,3,5-7,10-12H2,1-2H3,(H2,18,19,22). The van der Waals surface area contributed by atoms with E-state index in [2.05, 4.69) is 22.8 Å². The third kappa shape index (κ3) is 4.61. The molecule has 1 atom stereocenters. The van der Waals surface area contributed by atoms with Crippen LogP contribution in [0, 0.1) is 5.92 Å². The van der Waals surface area contributed by atoms with Gasteiger partial charge in [-0.15, -0.1) is 0 Å². The Morgan fingerprint density at radius 2 is 2.00 bits per heavy atom. The third-order valence-corrected chi connectivity index (χ3v) is 4.32. The molecule has 0 aromatic rings. The summed E-state index contributed by atoms with van der Waals surface area (Å²) in [4.78, 5) is 26.0. The zero-order chi connectivity index (χ0) is 15.9. The third-order valence-electron chi connectivity index (χ3n) is 4.32. The van der Waals surface area contributed by atoms with Crippen molar-refractivity contribution < 1.29 is 9.59 Å². The summed E-state index contributed by atoms with van der Waals surface area (Å²) in [6.45, 7) is 0.339. The molecule has 5 nitrogen and oxygen atoms in total. The maximum Gasteiger partial charge on any atom is 0.315 e. The average Bonchev–Trinajstić information content (AvgIpc) is 3.01. The minimum absolute atomic E-state index is 0.0268. The Morgan fingerprint density at radius 1 is 1.27 bits per heavy atom. The van der Waals surface area contributed by atoms with E-state index in [-0.39, 0.29) is 23.9 Å². The largest absolute Gasteiger partial charge is 0.348 e. The molecule has 1 unspecified atom stereocenters. The van der Waals surface area contributed by atoms with Gasteiger partial charge in [-0.25, -0.2) is 4.79 Å². The molecule has 0 aromatic carbocycles. The lowest BCUT2D eigenvalue weighted by Crippen LogP contribution is -2.45. The highest BCUT2D eigenvalue weighted by atomic mass is 16.2. The van der Waals surface area contributed by atoms with Crippen LogP contribution in [0.5, 0.6) is 0 Å². The molecule has 2 aliphatic rings. The monoisotopic (exact) mass is 305 g/mol.